The topological polar surface area (TPSA) is 84.6 Å². The van der Waals surface area contributed by atoms with E-state index in [1.807, 2.05) is 0 Å². The molecule has 9 heteroatoms. The van der Waals surface area contributed by atoms with E-state index in [1.165, 1.54) is 16.8 Å². The van der Waals surface area contributed by atoms with Crippen molar-refractivity contribution in [1.82, 2.24) is 9.55 Å². The first-order chi connectivity index (χ1) is 12.5. The third-order valence-electron chi connectivity index (χ3n) is 3.68. The summed E-state index contributed by atoms with van der Waals surface area (Å²) in [5.41, 5.74) is 0.428. The van der Waals surface area contributed by atoms with Crippen LogP contribution < -0.4 is 10.2 Å². The molecule has 0 radical (unpaired) electrons. The van der Waals surface area contributed by atoms with E-state index < -0.39 is 12.0 Å². The Kier molecular flexibility index (Phi) is 5.70. The van der Waals surface area contributed by atoms with E-state index in [1.54, 1.807) is 18.2 Å². The van der Waals surface area contributed by atoms with Gasteiger partial charge in [-0.25, -0.2) is 4.98 Å². The van der Waals surface area contributed by atoms with Crippen LogP contribution in [0.3, 0.4) is 0 Å². The number of halogens is 3. The van der Waals surface area contributed by atoms with Crippen LogP contribution in [0.4, 0.5) is 0 Å². The van der Waals surface area contributed by atoms with Crippen LogP contribution >= 0.6 is 34.8 Å². The van der Waals surface area contributed by atoms with E-state index in [0.717, 1.165) is 0 Å². The van der Waals surface area contributed by atoms with Crippen molar-refractivity contribution < 1.29 is 14.9 Å². The average Bonchev–Trinajstić information content (AvgIpc) is 2.62. The lowest BCUT2D eigenvalue weighted by atomic mass is 10.2. The molecule has 0 unspecified atom stereocenters. The van der Waals surface area contributed by atoms with E-state index in [2.05, 4.69) is 4.98 Å². The van der Waals surface area contributed by atoms with Gasteiger partial charge in [0.1, 0.15) is 12.0 Å². The molecule has 1 aromatic carbocycles. The molecule has 0 atom stereocenters. The van der Waals surface area contributed by atoms with Crippen molar-refractivity contribution in [3.05, 3.63) is 61.4 Å². The van der Waals surface area contributed by atoms with Gasteiger partial charge in [-0.05, 0) is 12.1 Å². The fraction of sp³-hybridized carbons (Fsp3) is 0.176. The number of fused-ring (bicyclic) bond motifs is 1. The molecule has 0 saturated carbocycles. The van der Waals surface area contributed by atoms with E-state index in [-0.39, 0.29) is 40.7 Å². The van der Waals surface area contributed by atoms with E-state index in [9.17, 15) is 9.90 Å². The summed E-state index contributed by atoms with van der Waals surface area (Å²) < 4.78 is 6.88. The Morgan fingerprint density at radius 1 is 1.12 bits per heavy atom. The Balaban J connectivity index is 2.49. The second-order valence-electron chi connectivity index (χ2n) is 5.27. The van der Waals surface area contributed by atoms with Gasteiger partial charge >= 0.3 is 0 Å². The zero-order valence-corrected chi connectivity index (χ0v) is 15.5. The SMILES string of the molecule is O=c1cc(CO)n(-c2c(Cl)cccc2Cl)c2c(Cl)cnc(OCCO)c12. The molecule has 26 heavy (non-hydrogen) atoms. The molecule has 0 amide bonds. The number of hydrogen-bond acceptors (Lipinski definition) is 5. The number of benzene rings is 1. The van der Waals surface area contributed by atoms with Gasteiger partial charge in [-0.2, -0.15) is 0 Å². The van der Waals surface area contributed by atoms with Crippen molar-refractivity contribution in [3.8, 4) is 11.6 Å². The first-order valence-electron chi connectivity index (χ1n) is 7.51. The number of para-hydroxylation sites is 1. The Morgan fingerprint density at radius 2 is 1.81 bits per heavy atom. The summed E-state index contributed by atoms with van der Waals surface area (Å²) >= 11 is 19.0. The van der Waals surface area contributed by atoms with Gasteiger partial charge in [-0.3, -0.25) is 4.79 Å². The minimum Gasteiger partial charge on any atom is -0.475 e. The fourth-order valence-electron chi connectivity index (χ4n) is 2.66. The van der Waals surface area contributed by atoms with E-state index >= 15 is 0 Å². The molecular weight excluding hydrogens is 403 g/mol. The van der Waals surface area contributed by atoms with Crippen LogP contribution in [0.25, 0.3) is 16.6 Å². The highest BCUT2D eigenvalue weighted by Crippen LogP contribution is 2.35. The number of rotatable bonds is 5. The zero-order valence-electron chi connectivity index (χ0n) is 13.2. The smallest absolute Gasteiger partial charge is 0.227 e. The summed E-state index contributed by atoms with van der Waals surface area (Å²) in [6, 6.07) is 6.18. The molecule has 0 aliphatic heterocycles. The fourth-order valence-corrected chi connectivity index (χ4v) is 3.45. The molecule has 0 saturated heterocycles. The molecule has 136 valence electrons. The van der Waals surface area contributed by atoms with E-state index in [0.29, 0.717) is 15.7 Å². The van der Waals surface area contributed by atoms with Crippen molar-refractivity contribution in [3.63, 3.8) is 0 Å². The molecule has 2 N–H and O–H groups in total. The Bertz CT molecular complexity index is 1020. The lowest BCUT2D eigenvalue weighted by Gasteiger charge is -2.20. The highest BCUT2D eigenvalue weighted by molar-refractivity contribution is 6.38. The van der Waals surface area contributed by atoms with Gasteiger partial charge in [-0.15, -0.1) is 0 Å². The monoisotopic (exact) mass is 414 g/mol. The first kappa shape index (κ1) is 18.9. The second kappa shape index (κ2) is 7.82. The lowest BCUT2D eigenvalue weighted by Crippen LogP contribution is -2.16. The summed E-state index contributed by atoms with van der Waals surface area (Å²) in [5.74, 6) is 0.0184. The molecule has 0 fully saturated rings. The highest BCUT2D eigenvalue weighted by atomic mass is 35.5. The van der Waals surface area contributed by atoms with Gasteiger partial charge in [0.2, 0.25) is 5.88 Å². The van der Waals surface area contributed by atoms with Gasteiger partial charge in [0.25, 0.3) is 0 Å². The van der Waals surface area contributed by atoms with Crippen LogP contribution in [0.5, 0.6) is 5.88 Å². The number of pyridine rings is 2. The summed E-state index contributed by atoms with van der Waals surface area (Å²) in [6.45, 7) is -0.735. The van der Waals surface area contributed by atoms with Crippen LogP contribution in [0.2, 0.25) is 15.1 Å². The summed E-state index contributed by atoms with van der Waals surface area (Å²) in [7, 11) is 0. The van der Waals surface area contributed by atoms with Crippen molar-refractivity contribution in [1.29, 1.82) is 0 Å². The van der Waals surface area contributed by atoms with Crippen LogP contribution in [-0.2, 0) is 6.61 Å². The molecule has 6 nitrogen and oxygen atoms in total. The molecule has 3 aromatic rings. The molecule has 0 bridgehead atoms. The summed E-state index contributed by atoms with van der Waals surface area (Å²) in [6.07, 6.45) is 1.32. The molecule has 3 rings (SSSR count). The minimum absolute atomic E-state index is 0.0184. The molecule has 2 heterocycles. The maximum Gasteiger partial charge on any atom is 0.227 e. The molecule has 2 aromatic heterocycles. The molecule has 0 aliphatic rings. The number of hydrogen-bond donors (Lipinski definition) is 2. The Morgan fingerprint density at radius 3 is 2.42 bits per heavy atom. The summed E-state index contributed by atoms with van der Waals surface area (Å²) in [5, 5.41) is 19.6. The maximum absolute atomic E-state index is 12.6. The molecule has 0 aliphatic carbocycles. The first-order valence-corrected chi connectivity index (χ1v) is 8.65. The van der Waals surface area contributed by atoms with Crippen molar-refractivity contribution in [2.75, 3.05) is 13.2 Å². The lowest BCUT2D eigenvalue weighted by molar-refractivity contribution is 0.198. The summed E-state index contributed by atoms with van der Waals surface area (Å²) in [4.78, 5) is 16.6. The normalized spacial score (nSPS) is 11.1. The number of aliphatic hydroxyl groups excluding tert-OH is 2. The van der Waals surface area contributed by atoms with Crippen molar-refractivity contribution >= 4 is 45.7 Å². The van der Waals surface area contributed by atoms with Crippen LogP contribution in [0.1, 0.15) is 5.69 Å². The van der Waals surface area contributed by atoms with Crippen LogP contribution in [0, 0.1) is 0 Å². The van der Waals surface area contributed by atoms with Gasteiger partial charge in [-0.1, -0.05) is 40.9 Å². The van der Waals surface area contributed by atoms with Crippen LogP contribution in [0.15, 0.2) is 35.3 Å². The molecular formula is C17H13Cl3N2O4. The minimum atomic E-state index is -0.446. The van der Waals surface area contributed by atoms with Crippen molar-refractivity contribution in [2.24, 2.45) is 0 Å². The number of aromatic nitrogens is 2. The van der Waals surface area contributed by atoms with Gasteiger partial charge in [0, 0.05) is 6.07 Å². The average molecular weight is 416 g/mol. The third kappa shape index (κ3) is 3.26. The zero-order chi connectivity index (χ0) is 18.8. The third-order valence-corrected chi connectivity index (χ3v) is 4.57. The number of aliphatic hydroxyl groups is 2. The number of nitrogens with zero attached hydrogens (tertiary/aromatic N) is 2. The largest absolute Gasteiger partial charge is 0.475 e. The molecule has 0 spiro atoms. The predicted molar refractivity (Wildman–Crippen MR) is 101 cm³/mol. The van der Waals surface area contributed by atoms with Crippen LogP contribution in [-0.4, -0.2) is 33.0 Å². The Labute approximate surface area is 163 Å². The number of ether oxygens (including phenoxy) is 1. The van der Waals surface area contributed by atoms with Gasteiger partial charge in [0.15, 0.2) is 5.43 Å². The predicted octanol–water partition coefficient (Wildman–Crippen LogP) is 3.21. The van der Waals surface area contributed by atoms with Gasteiger partial charge in [0.05, 0.1) is 51.4 Å². The van der Waals surface area contributed by atoms with E-state index in [4.69, 9.17) is 44.6 Å². The highest BCUT2D eigenvalue weighted by Gasteiger charge is 2.21. The van der Waals surface area contributed by atoms with Gasteiger partial charge < -0.3 is 19.5 Å². The second-order valence-corrected chi connectivity index (χ2v) is 6.49. The maximum atomic E-state index is 12.6. The standard InChI is InChI=1S/C17H13Cl3N2O4/c18-10-2-1-3-11(19)15(10)22-9(8-24)6-13(25)14-16(22)12(20)7-21-17(14)26-5-4-23/h1-3,6-7,23-24H,4-5,8H2. The van der Waals surface area contributed by atoms with Crippen molar-refractivity contribution in [2.45, 2.75) is 6.61 Å². The Hall–Kier alpha value is -1.83. The quantitative estimate of drug-likeness (QED) is 0.668.